The van der Waals surface area contributed by atoms with Crippen molar-refractivity contribution in [3.63, 3.8) is 0 Å². The molecule has 0 aliphatic carbocycles. The summed E-state index contributed by atoms with van der Waals surface area (Å²) in [6.07, 6.45) is 0. The monoisotopic (exact) mass is 204 g/mol. The fraction of sp³-hybridized carbons (Fsp3) is 0.273. The quantitative estimate of drug-likeness (QED) is 0.782. The molecule has 1 heterocycles. The van der Waals surface area contributed by atoms with Crippen molar-refractivity contribution in [3.8, 4) is 0 Å². The van der Waals surface area contributed by atoms with Gasteiger partial charge in [0.05, 0.1) is 24.5 Å². The van der Waals surface area contributed by atoms with Crippen LogP contribution in [0.3, 0.4) is 0 Å². The molecule has 0 atom stereocenters. The number of amides is 1. The largest absolute Gasteiger partial charge is 0.374 e. The van der Waals surface area contributed by atoms with Crippen LogP contribution in [0.25, 0.3) is 0 Å². The van der Waals surface area contributed by atoms with E-state index in [1.165, 1.54) is 11.8 Å². The number of anilines is 2. The molecule has 1 aliphatic rings. The van der Waals surface area contributed by atoms with Crippen molar-refractivity contribution in [3.05, 3.63) is 24.3 Å². The minimum Gasteiger partial charge on any atom is -0.374 e. The number of carbonyl (C=O) groups is 2. The van der Waals surface area contributed by atoms with Crippen molar-refractivity contribution >= 4 is 23.1 Å². The molecule has 0 unspecified atom stereocenters. The Balaban J connectivity index is 2.37. The van der Waals surface area contributed by atoms with Gasteiger partial charge in [-0.15, -0.1) is 0 Å². The van der Waals surface area contributed by atoms with Gasteiger partial charge in [-0.2, -0.15) is 0 Å². The minimum absolute atomic E-state index is 0.0138. The maximum Gasteiger partial charge on any atom is 0.246 e. The number of para-hydroxylation sites is 2. The van der Waals surface area contributed by atoms with Gasteiger partial charge >= 0.3 is 0 Å². The van der Waals surface area contributed by atoms with Crippen LogP contribution in [-0.4, -0.2) is 24.8 Å². The van der Waals surface area contributed by atoms with Gasteiger partial charge in [0.25, 0.3) is 0 Å². The van der Waals surface area contributed by atoms with Crippen LogP contribution >= 0.6 is 0 Å². The van der Waals surface area contributed by atoms with Gasteiger partial charge in [-0.1, -0.05) is 12.1 Å². The van der Waals surface area contributed by atoms with Gasteiger partial charge in [-0.25, -0.2) is 0 Å². The molecule has 1 N–H and O–H groups in total. The molecule has 1 aromatic rings. The zero-order valence-electron chi connectivity index (χ0n) is 8.49. The average Bonchev–Trinajstić information content (AvgIpc) is 2.22. The van der Waals surface area contributed by atoms with Gasteiger partial charge in [0.15, 0.2) is 0 Å². The molecule has 0 bridgehead atoms. The highest BCUT2D eigenvalue weighted by molar-refractivity contribution is 6.05. The standard InChI is InChI=1S/C11H12N2O2/c1-8(14)7-13-10-5-3-2-4-9(10)12-6-11(13)15/h2-5,12H,6-7H2,1H3. The van der Waals surface area contributed by atoms with E-state index in [2.05, 4.69) is 5.32 Å². The first kappa shape index (κ1) is 9.71. The van der Waals surface area contributed by atoms with E-state index < -0.39 is 0 Å². The zero-order valence-corrected chi connectivity index (χ0v) is 8.49. The Labute approximate surface area is 87.9 Å². The van der Waals surface area contributed by atoms with Crippen LogP contribution in [0.1, 0.15) is 6.92 Å². The predicted molar refractivity (Wildman–Crippen MR) is 58.0 cm³/mol. The van der Waals surface area contributed by atoms with E-state index in [1.807, 2.05) is 24.3 Å². The van der Waals surface area contributed by atoms with Gasteiger partial charge < -0.3 is 10.2 Å². The van der Waals surface area contributed by atoms with Crippen LogP contribution in [0.2, 0.25) is 0 Å². The van der Waals surface area contributed by atoms with Crippen LogP contribution in [0, 0.1) is 0 Å². The number of nitrogens with zero attached hydrogens (tertiary/aromatic N) is 1. The number of hydrogen-bond donors (Lipinski definition) is 1. The number of rotatable bonds is 2. The molecule has 2 rings (SSSR count). The third kappa shape index (κ3) is 1.83. The molecule has 0 fully saturated rings. The van der Waals surface area contributed by atoms with E-state index >= 15 is 0 Å². The van der Waals surface area contributed by atoms with Crippen molar-refractivity contribution < 1.29 is 9.59 Å². The van der Waals surface area contributed by atoms with Crippen LogP contribution in [0.4, 0.5) is 11.4 Å². The van der Waals surface area contributed by atoms with Crippen molar-refractivity contribution in [2.45, 2.75) is 6.92 Å². The summed E-state index contributed by atoms with van der Waals surface area (Å²) in [7, 11) is 0. The topological polar surface area (TPSA) is 49.4 Å². The molecule has 1 amide bonds. The first-order valence-electron chi connectivity index (χ1n) is 4.81. The summed E-state index contributed by atoms with van der Waals surface area (Å²) in [6.45, 7) is 1.89. The number of fused-ring (bicyclic) bond motifs is 1. The van der Waals surface area contributed by atoms with Gasteiger partial charge in [0, 0.05) is 0 Å². The van der Waals surface area contributed by atoms with Crippen LogP contribution in [-0.2, 0) is 9.59 Å². The maximum atomic E-state index is 11.6. The molecule has 4 nitrogen and oxygen atoms in total. The number of benzene rings is 1. The Morgan fingerprint density at radius 1 is 1.47 bits per heavy atom. The molecular formula is C11H12N2O2. The number of carbonyl (C=O) groups excluding carboxylic acids is 2. The van der Waals surface area contributed by atoms with Gasteiger partial charge in [-0.05, 0) is 19.1 Å². The lowest BCUT2D eigenvalue weighted by Crippen LogP contribution is -2.42. The van der Waals surface area contributed by atoms with Crippen molar-refractivity contribution in [1.29, 1.82) is 0 Å². The van der Waals surface area contributed by atoms with Gasteiger partial charge in [-0.3, -0.25) is 9.59 Å². The van der Waals surface area contributed by atoms with E-state index in [0.717, 1.165) is 11.4 Å². The Morgan fingerprint density at radius 3 is 2.93 bits per heavy atom. The molecule has 1 aromatic carbocycles. The highest BCUT2D eigenvalue weighted by atomic mass is 16.2. The summed E-state index contributed by atoms with van der Waals surface area (Å²) in [6, 6.07) is 7.48. The Bertz CT molecular complexity index is 415. The summed E-state index contributed by atoms with van der Waals surface area (Å²) in [5.41, 5.74) is 1.68. The summed E-state index contributed by atoms with van der Waals surface area (Å²) in [5, 5.41) is 3.01. The molecular weight excluding hydrogens is 192 g/mol. The van der Waals surface area contributed by atoms with Gasteiger partial charge in [0.1, 0.15) is 5.78 Å². The molecule has 0 radical (unpaired) electrons. The SMILES string of the molecule is CC(=O)CN1C(=O)CNc2ccccc21. The molecule has 0 spiro atoms. The normalized spacial score (nSPS) is 14.5. The lowest BCUT2D eigenvalue weighted by atomic mass is 10.2. The summed E-state index contributed by atoms with van der Waals surface area (Å²) in [5.74, 6) is -0.0797. The van der Waals surface area contributed by atoms with E-state index in [0.29, 0.717) is 0 Å². The maximum absolute atomic E-state index is 11.6. The Kier molecular flexibility index (Phi) is 2.41. The summed E-state index contributed by atoms with van der Waals surface area (Å²) < 4.78 is 0. The lowest BCUT2D eigenvalue weighted by molar-refractivity contribution is -0.121. The number of nitrogens with one attached hydrogen (secondary N) is 1. The third-order valence-corrected chi connectivity index (χ3v) is 2.31. The Morgan fingerprint density at radius 2 is 2.20 bits per heavy atom. The predicted octanol–water partition coefficient (Wildman–Crippen LogP) is 1.03. The lowest BCUT2D eigenvalue weighted by Gasteiger charge is -2.29. The first-order chi connectivity index (χ1) is 7.18. The van der Waals surface area contributed by atoms with Crippen LogP contribution in [0.15, 0.2) is 24.3 Å². The van der Waals surface area contributed by atoms with Crippen molar-refractivity contribution in [1.82, 2.24) is 0 Å². The molecule has 4 heteroatoms. The molecule has 78 valence electrons. The summed E-state index contributed by atoms with van der Waals surface area (Å²) >= 11 is 0. The average molecular weight is 204 g/mol. The van der Waals surface area contributed by atoms with Crippen molar-refractivity contribution in [2.75, 3.05) is 23.3 Å². The highest BCUT2D eigenvalue weighted by Crippen LogP contribution is 2.28. The number of hydrogen-bond acceptors (Lipinski definition) is 3. The zero-order chi connectivity index (χ0) is 10.8. The van der Waals surface area contributed by atoms with E-state index in [9.17, 15) is 9.59 Å². The number of Topliss-reactive ketones (excluding diaryl/α,β-unsaturated/α-hetero) is 1. The molecule has 0 aromatic heterocycles. The van der Waals surface area contributed by atoms with Crippen LogP contribution < -0.4 is 10.2 Å². The number of ketones is 1. The molecule has 1 aliphatic heterocycles. The van der Waals surface area contributed by atoms with Crippen molar-refractivity contribution in [2.24, 2.45) is 0 Å². The fourth-order valence-corrected chi connectivity index (χ4v) is 1.66. The second-order valence-electron chi connectivity index (χ2n) is 3.55. The molecule has 0 saturated carbocycles. The first-order valence-corrected chi connectivity index (χ1v) is 4.81. The van der Waals surface area contributed by atoms with E-state index in [4.69, 9.17) is 0 Å². The van der Waals surface area contributed by atoms with E-state index in [-0.39, 0.29) is 24.8 Å². The Hall–Kier alpha value is -1.84. The minimum atomic E-state index is -0.0658. The highest BCUT2D eigenvalue weighted by Gasteiger charge is 2.23. The second kappa shape index (κ2) is 3.73. The van der Waals surface area contributed by atoms with E-state index in [1.54, 1.807) is 0 Å². The van der Waals surface area contributed by atoms with Gasteiger partial charge in [0.2, 0.25) is 5.91 Å². The molecule has 15 heavy (non-hydrogen) atoms. The fourth-order valence-electron chi connectivity index (χ4n) is 1.66. The molecule has 0 saturated heterocycles. The van der Waals surface area contributed by atoms with Crippen LogP contribution in [0.5, 0.6) is 0 Å². The third-order valence-electron chi connectivity index (χ3n) is 2.31. The smallest absolute Gasteiger partial charge is 0.246 e. The second-order valence-corrected chi connectivity index (χ2v) is 3.55. The summed E-state index contributed by atoms with van der Waals surface area (Å²) in [4.78, 5) is 24.2.